The highest BCUT2D eigenvalue weighted by Crippen LogP contribution is 2.20. The van der Waals surface area contributed by atoms with Gasteiger partial charge in [-0.1, -0.05) is 19.4 Å². The standard InChI is InChI=1S/C13H20N2S/c1-2-3-8-16-13-7-4-11(10-15-13)9-14-12-5-6-12/h4,7,10,12,14H,2-3,5-6,8-9H2,1H3. The molecule has 0 aliphatic heterocycles. The molecule has 1 fully saturated rings. The van der Waals surface area contributed by atoms with E-state index >= 15 is 0 Å². The number of hydrogen-bond acceptors (Lipinski definition) is 3. The van der Waals surface area contributed by atoms with Crippen molar-refractivity contribution < 1.29 is 0 Å². The van der Waals surface area contributed by atoms with Gasteiger partial charge in [-0.15, -0.1) is 11.8 Å². The maximum absolute atomic E-state index is 4.47. The summed E-state index contributed by atoms with van der Waals surface area (Å²) in [7, 11) is 0. The van der Waals surface area contributed by atoms with Gasteiger partial charge in [0.05, 0.1) is 5.03 Å². The SMILES string of the molecule is CCCCSc1ccc(CNC2CC2)cn1. The molecule has 88 valence electrons. The Morgan fingerprint density at radius 3 is 2.94 bits per heavy atom. The second kappa shape index (κ2) is 6.26. The van der Waals surface area contributed by atoms with Gasteiger partial charge in [0.2, 0.25) is 0 Å². The first-order valence-electron chi connectivity index (χ1n) is 6.19. The molecule has 0 amide bonds. The largest absolute Gasteiger partial charge is 0.310 e. The van der Waals surface area contributed by atoms with Crippen LogP contribution in [0.15, 0.2) is 23.4 Å². The van der Waals surface area contributed by atoms with Crippen molar-refractivity contribution in [3.05, 3.63) is 23.9 Å². The zero-order valence-corrected chi connectivity index (χ0v) is 10.7. The van der Waals surface area contributed by atoms with Crippen LogP contribution in [0.3, 0.4) is 0 Å². The molecule has 0 spiro atoms. The van der Waals surface area contributed by atoms with Crippen LogP contribution >= 0.6 is 11.8 Å². The third kappa shape index (κ3) is 4.14. The molecule has 1 aromatic rings. The van der Waals surface area contributed by atoms with Gasteiger partial charge < -0.3 is 5.32 Å². The first-order valence-corrected chi connectivity index (χ1v) is 7.18. The molecule has 3 heteroatoms. The van der Waals surface area contributed by atoms with Crippen LogP contribution < -0.4 is 5.32 Å². The van der Waals surface area contributed by atoms with E-state index in [9.17, 15) is 0 Å². The van der Waals surface area contributed by atoms with E-state index in [0.29, 0.717) is 0 Å². The van der Waals surface area contributed by atoms with E-state index in [1.165, 1.54) is 37.0 Å². The van der Waals surface area contributed by atoms with Gasteiger partial charge >= 0.3 is 0 Å². The van der Waals surface area contributed by atoms with E-state index in [1.54, 1.807) is 0 Å². The van der Waals surface area contributed by atoms with E-state index in [4.69, 9.17) is 0 Å². The molecule has 0 radical (unpaired) electrons. The zero-order chi connectivity index (χ0) is 11.2. The zero-order valence-electron chi connectivity index (χ0n) is 9.91. The van der Waals surface area contributed by atoms with E-state index in [1.807, 2.05) is 18.0 Å². The Bertz CT molecular complexity index is 306. The van der Waals surface area contributed by atoms with Crippen LogP contribution in [0, 0.1) is 0 Å². The predicted molar refractivity (Wildman–Crippen MR) is 69.7 cm³/mol. The van der Waals surface area contributed by atoms with Crippen LogP contribution in [0.2, 0.25) is 0 Å². The maximum atomic E-state index is 4.47. The number of rotatable bonds is 7. The monoisotopic (exact) mass is 236 g/mol. The number of nitrogens with one attached hydrogen (secondary N) is 1. The van der Waals surface area contributed by atoms with E-state index < -0.39 is 0 Å². The number of nitrogens with zero attached hydrogens (tertiary/aromatic N) is 1. The molecular formula is C13H20N2S. The molecule has 0 bridgehead atoms. The van der Waals surface area contributed by atoms with Gasteiger partial charge in [-0.3, -0.25) is 0 Å². The quantitative estimate of drug-likeness (QED) is 0.581. The molecule has 2 rings (SSSR count). The van der Waals surface area contributed by atoms with Gasteiger partial charge in [-0.05, 0) is 36.6 Å². The van der Waals surface area contributed by atoms with E-state index in [2.05, 4.69) is 29.4 Å². The Morgan fingerprint density at radius 1 is 1.44 bits per heavy atom. The van der Waals surface area contributed by atoms with Crippen molar-refractivity contribution in [2.75, 3.05) is 5.75 Å². The fourth-order valence-corrected chi connectivity index (χ4v) is 2.41. The molecular weight excluding hydrogens is 216 g/mol. The van der Waals surface area contributed by atoms with Gasteiger partial charge in [0, 0.05) is 18.8 Å². The molecule has 0 saturated heterocycles. The summed E-state index contributed by atoms with van der Waals surface area (Å²) in [6.07, 6.45) is 7.23. The summed E-state index contributed by atoms with van der Waals surface area (Å²) in [5.74, 6) is 1.18. The van der Waals surface area contributed by atoms with E-state index in [-0.39, 0.29) is 0 Å². The lowest BCUT2D eigenvalue weighted by Crippen LogP contribution is -2.15. The van der Waals surface area contributed by atoms with Crippen LogP contribution in [0.25, 0.3) is 0 Å². The van der Waals surface area contributed by atoms with Gasteiger partial charge in [-0.25, -0.2) is 4.98 Å². The third-order valence-corrected chi connectivity index (χ3v) is 3.75. The molecule has 1 aromatic heterocycles. The van der Waals surface area contributed by atoms with Crippen molar-refractivity contribution in [1.82, 2.24) is 10.3 Å². The highest BCUT2D eigenvalue weighted by molar-refractivity contribution is 7.99. The first-order chi connectivity index (χ1) is 7.88. The van der Waals surface area contributed by atoms with Gasteiger partial charge in [0.1, 0.15) is 0 Å². The Morgan fingerprint density at radius 2 is 2.31 bits per heavy atom. The molecule has 1 heterocycles. The first kappa shape index (κ1) is 11.9. The van der Waals surface area contributed by atoms with Crippen molar-refractivity contribution in [3.8, 4) is 0 Å². The lowest BCUT2D eigenvalue weighted by atomic mass is 10.3. The number of pyridine rings is 1. The van der Waals surface area contributed by atoms with Crippen LogP contribution in [0.4, 0.5) is 0 Å². The molecule has 0 aromatic carbocycles. The summed E-state index contributed by atoms with van der Waals surface area (Å²) >= 11 is 1.86. The number of unbranched alkanes of at least 4 members (excludes halogenated alkanes) is 1. The fourth-order valence-electron chi connectivity index (χ4n) is 1.47. The molecule has 16 heavy (non-hydrogen) atoms. The van der Waals surface area contributed by atoms with Crippen LogP contribution in [-0.4, -0.2) is 16.8 Å². The minimum Gasteiger partial charge on any atom is -0.310 e. The van der Waals surface area contributed by atoms with Gasteiger partial charge in [0.25, 0.3) is 0 Å². The van der Waals surface area contributed by atoms with Crippen molar-refractivity contribution in [3.63, 3.8) is 0 Å². The van der Waals surface area contributed by atoms with Crippen molar-refractivity contribution in [1.29, 1.82) is 0 Å². The molecule has 0 unspecified atom stereocenters. The summed E-state index contributed by atoms with van der Waals surface area (Å²) < 4.78 is 0. The number of thioether (sulfide) groups is 1. The minimum absolute atomic E-state index is 0.776. The van der Waals surface area contributed by atoms with Gasteiger partial charge in [0.15, 0.2) is 0 Å². The molecule has 1 N–H and O–H groups in total. The second-order valence-corrected chi connectivity index (χ2v) is 5.48. The molecule has 2 nitrogen and oxygen atoms in total. The van der Waals surface area contributed by atoms with Crippen LogP contribution in [0.5, 0.6) is 0 Å². The molecule has 1 aliphatic carbocycles. The summed E-state index contributed by atoms with van der Waals surface area (Å²) in [4.78, 5) is 4.47. The Balaban J connectivity index is 1.74. The average Bonchev–Trinajstić information content (AvgIpc) is 3.12. The van der Waals surface area contributed by atoms with Crippen molar-refractivity contribution in [2.45, 2.75) is 50.2 Å². The van der Waals surface area contributed by atoms with Gasteiger partial charge in [-0.2, -0.15) is 0 Å². The predicted octanol–water partition coefficient (Wildman–Crippen LogP) is 3.23. The maximum Gasteiger partial charge on any atom is 0.0960 e. The minimum atomic E-state index is 0.776. The van der Waals surface area contributed by atoms with Crippen molar-refractivity contribution in [2.24, 2.45) is 0 Å². The molecule has 1 aliphatic rings. The van der Waals surface area contributed by atoms with Crippen LogP contribution in [-0.2, 0) is 6.54 Å². The summed E-state index contributed by atoms with van der Waals surface area (Å²) in [6.45, 7) is 3.19. The average molecular weight is 236 g/mol. The Labute approximate surface area is 102 Å². The molecule has 1 saturated carbocycles. The number of hydrogen-bond donors (Lipinski definition) is 1. The number of aromatic nitrogens is 1. The highest BCUT2D eigenvalue weighted by atomic mass is 32.2. The Hall–Kier alpha value is -0.540. The van der Waals surface area contributed by atoms with Crippen LogP contribution in [0.1, 0.15) is 38.2 Å². The summed E-state index contributed by atoms with van der Waals surface area (Å²) in [5.41, 5.74) is 1.30. The Kier molecular flexibility index (Phi) is 4.67. The highest BCUT2D eigenvalue weighted by Gasteiger charge is 2.19. The van der Waals surface area contributed by atoms with E-state index in [0.717, 1.165) is 17.6 Å². The van der Waals surface area contributed by atoms with Crippen molar-refractivity contribution >= 4 is 11.8 Å². The summed E-state index contributed by atoms with van der Waals surface area (Å²) in [5, 5.41) is 4.65. The lowest BCUT2D eigenvalue weighted by molar-refractivity contribution is 0.685. The smallest absolute Gasteiger partial charge is 0.0960 e. The summed E-state index contributed by atoms with van der Waals surface area (Å²) in [6, 6.07) is 5.11. The topological polar surface area (TPSA) is 24.9 Å². The second-order valence-electron chi connectivity index (χ2n) is 4.36. The third-order valence-electron chi connectivity index (χ3n) is 2.72. The normalized spacial score (nSPS) is 15.3. The molecule has 0 atom stereocenters. The lowest BCUT2D eigenvalue weighted by Gasteiger charge is -2.04. The fraction of sp³-hybridized carbons (Fsp3) is 0.615.